The molecule has 31 heavy (non-hydrogen) atoms. The Morgan fingerprint density at radius 1 is 1.13 bits per heavy atom. The van der Waals surface area contributed by atoms with Crippen LogP contribution in [0.15, 0.2) is 42.5 Å². The third-order valence-corrected chi connectivity index (χ3v) is 5.21. The molecule has 0 aliphatic carbocycles. The summed E-state index contributed by atoms with van der Waals surface area (Å²) >= 11 is 0. The molecule has 0 aliphatic heterocycles. The molecule has 0 saturated carbocycles. The summed E-state index contributed by atoms with van der Waals surface area (Å²) in [6.07, 6.45) is 0. The molecule has 168 valence electrons. The van der Waals surface area contributed by atoms with E-state index in [1.54, 1.807) is 14.2 Å². The van der Waals surface area contributed by atoms with Crippen LogP contribution in [0.3, 0.4) is 0 Å². The van der Waals surface area contributed by atoms with Crippen LogP contribution in [0.1, 0.15) is 25.0 Å². The number of nitrogens with zero attached hydrogens (tertiary/aromatic N) is 1. The molecule has 7 heteroatoms. The van der Waals surface area contributed by atoms with Gasteiger partial charge in [0.15, 0.2) is 17.5 Å². The average molecular weight is 429 g/mol. The molecule has 0 heterocycles. The molecule has 2 aromatic carbocycles. The van der Waals surface area contributed by atoms with Gasteiger partial charge in [0.25, 0.3) is 5.91 Å². The number of hydrogen-bond donors (Lipinski definition) is 2. The summed E-state index contributed by atoms with van der Waals surface area (Å²) in [4.78, 5) is 27.6. The molecule has 0 aromatic heterocycles. The largest absolute Gasteiger partial charge is 0.493 e. The van der Waals surface area contributed by atoms with Gasteiger partial charge in [0.1, 0.15) is 6.54 Å². The van der Waals surface area contributed by atoms with Gasteiger partial charge in [-0.3, -0.25) is 9.59 Å². The maximum absolute atomic E-state index is 12.9. The van der Waals surface area contributed by atoms with Crippen molar-refractivity contribution in [2.24, 2.45) is 0 Å². The molecule has 2 aromatic rings. The first-order valence-corrected chi connectivity index (χ1v) is 10.5. The second-order valence-corrected chi connectivity index (χ2v) is 7.77. The van der Waals surface area contributed by atoms with Gasteiger partial charge in [-0.05, 0) is 51.1 Å². The Balaban J connectivity index is 1.93. The minimum absolute atomic E-state index is 0.00120. The molecular formula is C24H34N3O4+. The highest BCUT2D eigenvalue weighted by molar-refractivity contribution is 5.94. The van der Waals surface area contributed by atoms with Gasteiger partial charge in [0, 0.05) is 18.3 Å². The van der Waals surface area contributed by atoms with Crippen LogP contribution in [0.5, 0.6) is 11.5 Å². The number of likely N-dealkylation sites (N-methyl/N-ethyl adjacent to an activating group) is 2. The Morgan fingerprint density at radius 2 is 1.81 bits per heavy atom. The van der Waals surface area contributed by atoms with Crippen molar-refractivity contribution in [3.63, 3.8) is 0 Å². The average Bonchev–Trinajstić information content (AvgIpc) is 2.75. The Bertz CT molecular complexity index is 883. The number of carbonyl (C=O) groups is 2. The summed E-state index contributed by atoms with van der Waals surface area (Å²) in [6, 6.07) is 13.0. The molecule has 2 rings (SSSR count). The third kappa shape index (κ3) is 7.00. The summed E-state index contributed by atoms with van der Waals surface area (Å²) in [7, 11) is 5.23. The monoisotopic (exact) mass is 428 g/mol. The number of nitrogens with one attached hydrogen (secondary N) is 2. The van der Waals surface area contributed by atoms with Gasteiger partial charge in [-0.15, -0.1) is 0 Å². The summed E-state index contributed by atoms with van der Waals surface area (Å²) in [5, 5.41) is 2.83. The zero-order chi connectivity index (χ0) is 23.0. The zero-order valence-corrected chi connectivity index (χ0v) is 19.3. The van der Waals surface area contributed by atoms with Crippen LogP contribution in [-0.4, -0.2) is 57.1 Å². The van der Waals surface area contributed by atoms with Crippen LogP contribution in [0.2, 0.25) is 0 Å². The fraction of sp³-hybridized carbons (Fsp3) is 0.417. The Morgan fingerprint density at radius 3 is 2.42 bits per heavy atom. The highest BCUT2D eigenvalue weighted by atomic mass is 16.5. The normalized spacial score (nSPS) is 12.6. The molecule has 0 spiro atoms. The molecule has 0 bridgehead atoms. The smallest absolute Gasteiger partial charge is 0.280 e. The maximum atomic E-state index is 12.9. The van der Waals surface area contributed by atoms with Gasteiger partial charge in [-0.2, -0.15) is 0 Å². The van der Waals surface area contributed by atoms with Crippen molar-refractivity contribution in [1.82, 2.24) is 4.90 Å². The molecule has 0 fully saturated rings. The van der Waals surface area contributed by atoms with Crippen molar-refractivity contribution >= 4 is 17.5 Å². The van der Waals surface area contributed by atoms with Gasteiger partial charge in [-0.1, -0.05) is 17.7 Å². The molecule has 0 radical (unpaired) electrons. The van der Waals surface area contributed by atoms with Crippen molar-refractivity contribution in [1.29, 1.82) is 0 Å². The molecule has 2 atom stereocenters. The summed E-state index contributed by atoms with van der Waals surface area (Å²) < 4.78 is 11.0. The molecular weight excluding hydrogens is 394 g/mol. The first-order valence-electron chi connectivity index (χ1n) is 10.5. The van der Waals surface area contributed by atoms with E-state index in [-0.39, 0.29) is 24.4 Å². The second kappa shape index (κ2) is 11.4. The SMILES string of the molecule is CCOc1ccc(C[NH+](C)[C@@H](C)C(=O)N(C)CC(=O)Nc2ccc(C)cc2)cc1OC. The molecule has 2 N–H and O–H groups in total. The minimum Gasteiger partial charge on any atom is -0.493 e. The van der Waals surface area contributed by atoms with E-state index >= 15 is 0 Å². The van der Waals surface area contributed by atoms with E-state index < -0.39 is 0 Å². The number of ether oxygens (including phenoxy) is 2. The second-order valence-electron chi connectivity index (χ2n) is 7.77. The first-order chi connectivity index (χ1) is 14.7. The molecule has 2 amide bonds. The highest BCUT2D eigenvalue weighted by Gasteiger charge is 2.26. The van der Waals surface area contributed by atoms with E-state index in [2.05, 4.69) is 5.32 Å². The lowest BCUT2D eigenvalue weighted by Gasteiger charge is -2.25. The van der Waals surface area contributed by atoms with Crippen LogP contribution in [-0.2, 0) is 16.1 Å². The van der Waals surface area contributed by atoms with Gasteiger partial charge >= 0.3 is 0 Å². The number of quaternary nitrogens is 1. The van der Waals surface area contributed by atoms with Crippen molar-refractivity contribution < 1.29 is 24.0 Å². The van der Waals surface area contributed by atoms with Crippen LogP contribution in [0.25, 0.3) is 0 Å². The van der Waals surface area contributed by atoms with Crippen molar-refractivity contribution in [2.75, 3.05) is 39.7 Å². The van der Waals surface area contributed by atoms with Crippen molar-refractivity contribution in [3.8, 4) is 11.5 Å². The summed E-state index contributed by atoms with van der Waals surface area (Å²) in [5.41, 5.74) is 2.88. The number of aryl methyl sites for hydroxylation is 1. The molecule has 0 saturated heterocycles. The first kappa shape index (κ1) is 24.2. The Kier molecular flexibility index (Phi) is 8.88. The van der Waals surface area contributed by atoms with Gasteiger partial charge in [-0.25, -0.2) is 0 Å². The number of carbonyl (C=O) groups excluding carboxylic acids is 2. The van der Waals surface area contributed by atoms with E-state index in [0.29, 0.717) is 24.7 Å². The van der Waals surface area contributed by atoms with Crippen LogP contribution in [0, 0.1) is 6.92 Å². The van der Waals surface area contributed by atoms with Crippen molar-refractivity contribution in [2.45, 2.75) is 33.4 Å². The van der Waals surface area contributed by atoms with Gasteiger partial charge in [0.05, 0.1) is 27.3 Å². The highest BCUT2D eigenvalue weighted by Crippen LogP contribution is 2.27. The fourth-order valence-electron chi connectivity index (χ4n) is 3.24. The number of amides is 2. The fourth-order valence-corrected chi connectivity index (χ4v) is 3.24. The number of hydrogen-bond acceptors (Lipinski definition) is 4. The summed E-state index contributed by atoms with van der Waals surface area (Å²) in [6.45, 7) is 6.99. The minimum atomic E-state index is -0.310. The van der Waals surface area contributed by atoms with E-state index in [4.69, 9.17) is 9.47 Å². The van der Waals surface area contributed by atoms with Gasteiger partial charge < -0.3 is 24.6 Å². The zero-order valence-electron chi connectivity index (χ0n) is 19.3. The number of methoxy groups -OCH3 is 1. The van der Waals surface area contributed by atoms with E-state index in [1.165, 1.54) is 4.90 Å². The lowest BCUT2D eigenvalue weighted by molar-refractivity contribution is -0.908. The van der Waals surface area contributed by atoms with Crippen LogP contribution >= 0.6 is 0 Å². The third-order valence-electron chi connectivity index (χ3n) is 5.21. The quantitative estimate of drug-likeness (QED) is 0.606. The number of anilines is 1. The predicted molar refractivity (Wildman–Crippen MR) is 122 cm³/mol. The standard InChI is InChI=1S/C24H33N3O4/c1-7-31-21-13-10-19(14-22(21)30-6)15-26(4)18(3)24(29)27(5)16-23(28)25-20-11-8-17(2)9-12-20/h8-14,18H,7,15-16H2,1-6H3,(H,25,28)/p+1/t18-/m0/s1. The van der Waals surface area contributed by atoms with Crippen molar-refractivity contribution in [3.05, 3.63) is 53.6 Å². The lowest BCUT2D eigenvalue weighted by atomic mass is 10.1. The van der Waals surface area contributed by atoms with E-state index in [1.807, 2.05) is 70.3 Å². The van der Waals surface area contributed by atoms with Gasteiger partial charge in [0.2, 0.25) is 5.91 Å². The van der Waals surface area contributed by atoms with E-state index in [9.17, 15) is 9.59 Å². The summed E-state index contributed by atoms with van der Waals surface area (Å²) in [5.74, 6) is 1.07. The Hall–Kier alpha value is -3.06. The number of rotatable bonds is 10. The molecule has 0 aliphatic rings. The molecule has 7 nitrogen and oxygen atoms in total. The lowest BCUT2D eigenvalue weighted by Crippen LogP contribution is -3.12. The predicted octanol–water partition coefficient (Wildman–Crippen LogP) is 1.90. The number of benzene rings is 2. The molecule has 1 unspecified atom stereocenters. The Labute approximate surface area is 184 Å². The van der Waals surface area contributed by atoms with E-state index in [0.717, 1.165) is 21.7 Å². The van der Waals surface area contributed by atoms with Crippen LogP contribution in [0.4, 0.5) is 5.69 Å². The topological polar surface area (TPSA) is 72.3 Å². The maximum Gasteiger partial charge on any atom is 0.280 e. The van der Waals surface area contributed by atoms with Crippen LogP contribution < -0.4 is 19.7 Å².